The lowest BCUT2D eigenvalue weighted by Gasteiger charge is -2.15. The van der Waals surface area contributed by atoms with Gasteiger partial charge in [0.2, 0.25) is 11.7 Å². The third-order valence-electron chi connectivity index (χ3n) is 4.57. The minimum Gasteiger partial charge on any atom is -0.445 e. The summed E-state index contributed by atoms with van der Waals surface area (Å²) in [5.41, 5.74) is 1.38. The Hall–Kier alpha value is -3.35. The van der Waals surface area contributed by atoms with Gasteiger partial charge < -0.3 is 14.6 Å². The number of hydrogen-bond acceptors (Lipinski definition) is 7. The lowest BCUT2D eigenvalue weighted by Crippen LogP contribution is -2.32. The van der Waals surface area contributed by atoms with Gasteiger partial charge in [0.15, 0.2) is 0 Å². The summed E-state index contributed by atoms with van der Waals surface area (Å²) in [4.78, 5) is 16.7. The molecule has 0 aliphatic rings. The standard InChI is InChI=1S/C21H24FN5O5S/c22-17-11-9-16(10-12-17)19-26-20(32-27-19)18(8-4-5-13-24-33(23,29)30)25-21(28)31-14-15-6-2-1-3-7-15/h1-3,6-7,9-12,18,24H,4-5,8,13-14H2,(H,25,28)(H2,23,29,30)/t18-/m0/s1. The van der Waals surface area contributed by atoms with Crippen LogP contribution in [0.4, 0.5) is 9.18 Å². The molecule has 0 fully saturated rings. The molecule has 0 saturated heterocycles. The number of nitrogens with zero attached hydrogens (tertiary/aromatic N) is 2. The molecule has 33 heavy (non-hydrogen) atoms. The summed E-state index contributed by atoms with van der Waals surface area (Å²) in [5.74, 6) is -0.00740. The van der Waals surface area contributed by atoms with Crippen molar-refractivity contribution in [3.8, 4) is 11.4 Å². The lowest BCUT2D eigenvalue weighted by atomic mass is 10.1. The molecular weight excluding hydrogens is 453 g/mol. The van der Waals surface area contributed by atoms with E-state index in [0.29, 0.717) is 24.8 Å². The van der Waals surface area contributed by atoms with Gasteiger partial charge in [0.05, 0.1) is 0 Å². The van der Waals surface area contributed by atoms with Gasteiger partial charge in [-0.1, -0.05) is 35.5 Å². The number of carbonyl (C=O) groups is 1. The molecule has 0 bridgehead atoms. The molecule has 0 saturated carbocycles. The van der Waals surface area contributed by atoms with Crippen LogP contribution in [0.15, 0.2) is 59.1 Å². The van der Waals surface area contributed by atoms with Crippen molar-refractivity contribution >= 4 is 16.3 Å². The summed E-state index contributed by atoms with van der Waals surface area (Å²) in [5, 5.41) is 11.5. The van der Waals surface area contributed by atoms with Gasteiger partial charge in [0.1, 0.15) is 18.5 Å². The van der Waals surface area contributed by atoms with Gasteiger partial charge in [-0.05, 0) is 49.1 Å². The minimum absolute atomic E-state index is 0.0857. The number of hydrogen-bond donors (Lipinski definition) is 3. The number of rotatable bonds is 11. The first-order valence-corrected chi connectivity index (χ1v) is 11.7. The zero-order valence-corrected chi connectivity index (χ0v) is 18.4. The second-order valence-corrected chi connectivity index (χ2v) is 8.54. The summed E-state index contributed by atoms with van der Waals surface area (Å²) in [6.07, 6.45) is 0.679. The first kappa shape index (κ1) is 24.3. The maximum Gasteiger partial charge on any atom is 0.408 e. The third-order valence-corrected chi connectivity index (χ3v) is 5.18. The van der Waals surface area contributed by atoms with Gasteiger partial charge in [-0.2, -0.15) is 13.4 Å². The average molecular weight is 478 g/mol. The molecule has 10 nitrogen and oxygen atoms in total. The van der Waals surface area contributed by atoms with Crippen molar-refractivity contribution < 1.29 is 26.9 Å². The Morgan fingerprint density at radius 3 is 2.55 bits per heavy atom. The van der Waals surface area contributed by atoms with Crippen LogP contribution in [0.5, 0.6) is 0 Å². The van der Waals surface area contributed by atoms with E-state index in [-0.39, 0.29) is 24.9 Å². The van der Waals surface area contributed by atoms with E-state index in [1.165, 1.54) is 24.3 Å². The van der Waals surface area contributed by atoms with Crippen LogP contribution in [0.2, 0.25) is 0 Å². The third kappa shape index (κ3) is 8.25. The lowest BCUT2D eigenvalue weighted by molar-refractivity contribution is 0.132. The SMILES string of the molecule is NS(=O)(=O)NCCCC[C@H](NC(=O)OCc1ccccc1)c1nc(-c2ccc(F)cc2)no1. The molecular formula is C21H24FN5O5S. The fraction of sp³-hybridized carbons (Fsp3) is 0.286. The van der Waals surface area contributed by atoms with Crippen LogP contribution in [0.25, 0.3) is 11.4 Å². The first-order valence-electron chi connectivity index (χ1n) is 10.1. The number of amides is 1. The van der Waals surface area contributed by atoms with Crippen molar-refractivity contribution in [2.45, 2.75) is 31.9 Å². The van der Waals surface area contributed by atoms with E-state index in [9.17, 15) is 17.6 Å². The van der Waals surface area contributed by atoms with E-state index in [2.05, 4.69) is 20.2 Å². The number of aromatic nitrogens is 2. The molecule has 0 aliphatic heterocycles. The van der Waals surface area contributed by atoms with Gasteiger partial charge in [0.25, 0.3) is 10.2 Å². The predicted molar refractivity (Wildman–Crippen MR) is 117 cm³/mol. The van der Waals surface area contributed by atoms with Crippen LogP contribution in [-0.4, -0.2) is 31.2 Å². The van der Waals surface area contributed by atoms with Crippen LogP contribution in [-0.2, 0) is 21.6 Å². The number of carbonyl (C=O) groups excluding carboxylic acids is 1. The van der Waals surface area contributed by atoms with Crippen molar-refractivity contribution in [1.82, 2.24) is 20.2 Å². The van der Waals surface area contributed by atoms with Crippen molar-refractivity contribution in [3.63, 3.8) is 0 Å². The van der Waals surface area contributed by atoms with E-state index in [0.717, 1.165) is 5.56 Å². The first-order chi connectivity index (χ1) is 15.8. The monoisotopic (exact) mass is 477 g/mol. The maximum absolute atomic E-state index is 13.2. The van der Waals surface area contributed by atoms with Gasteiger partial charge >= 0.3 is 6.09 Å². The van der Waals surface area contributed by atoms with Crippen LogP contribution in [0.3, 0.4) is 0 Å². The molecule has 3 aromatic rings. The molecule has 3 rings (SSSR count). The molecule has 0 spiro atoms. The quantitative estimate of drug-likeness (QED) is 0.359. The molecule has 1 heterocycles. The van der Waals surface area contributed by atoms with Crippen LogP contribution in [0.1, 0.15) is 36.8 Å². The number of ether oxygens (including phenoxy) is 1. The van der Waals surface area contributed by atoms with Crippen LogP contribution >= 0.6 is 0 Å². The fourth-order valence-corrected chi connectivity index (χ4v) is 3.37. The Morgan fingerprint density at radius 1 is 1.12 bits per heavy atom. The van der Waals surface area contributed by atoms with Crippen LogP contribution in [0, 0.1) is 5.82 Å². The average Bonchev–Trinajstić information content (AvgIpc) is 3.27. The fourth-order valence-electron chi connectivity index (χ4n) is 2.95. The van der Waals surface area contributed by atoms with E-state index in [1.807, 2.05) is 30.3 Å². The Balaban J connectivity index is 1.64. The summed E-state index contributed by atoms with van der Waals surface area (Å²) < 4.78 is 47.9. The van der Waals surface area contributed by atoms with Gasteiger partial charge in [-0.25, -0.2) is 19.0 Å². The molecule has 1 amide bonds. The molecule has 0 aliphatic carbocycles. The highest BCUT2D eigenvalue weighted by atomic mass is 32.2. The Kier molecular flexibility index (Phi) is 8.46. The maximum atomic E-state index is 13.2. The summed E-state index contributed by atoms with van der Waals surface area (Å²) >= 11 is 0. The topological polar surface area (TPSA) is 149 Å². The van der Waals surface area contributed by atoms with E-state index in [1.54, 1.807) is 0 Å². The van der Waals surface area contributed by atoms with Crippen molar-refractivity contribution in [2.75, 3.05) is 6.54 Å². The molecule has 0 radical (unpaired) electrons. The molecule has 176 valence electrons. The largest absolute Gasteiger partial charge is 0.445 e. The predicted octanol–water partition coefficient (Wildman–Crippen LogP) is 2.81. The molecule has 1 atom stereocenters. The molecule has 2 aromatic carbocycles. The number of alkyl carbamates (subject to hydrolysis) is 1. The highest BCUT2D eigenvalue weighted by Crippen LogP contribution is 2.22. The van der Waals surface area contributed by atoms with Crippen molar-refractivity contribution in [2.24, 2.45) is 5.14 Å². The minimum atomic E-state index is -3.77. The van der Waals surface area contributed by atoms with E-state index >= 15 is 0 Å². The van der Waals surface area contributed by atoms with Gasteiger partial charge in [-0.15, -0.1) is 0 Å². The summed E-state index contributed by atoms with van der Waals surface area (Å²) in [7, 11) is -3.77. The number of unbranched alkanes of at least 4 members (excludes halogenated alkanes) is 1. The summed E-state index contributed by atoms with van der Waals surface area (Å²) in [6, 6.07) is 14.1. The number of nitrogens with one attached hydrogen (secondary N) is 2. The van der Waals surface area contributed by atoms with Crippen molar-refractivity contribution in [1.29, 1.82) is 0 Å². The highest BCUT2D eigenvalue weighted by Gasteiger charge is 2.22. The number of nitrogens with two attached hydrogens (primary N) is 1. The normalized spacial score (nSPS) is 12.3. The smallest absolute Gasteiger partial charge is 0.408 e. The highest BCUT2D eigenvalue weighted by molar-refractivity contribution is 7.87. The number of benzene rings is 2. The van der Waals surface area contributed by atoms with Gasteiger partial charge in [0, 0.05) is 12.1 Å². The molecule has 1 aromatic heterocycles. The molecule has 12 heteroatoms. The summed E-state index contributed by atoms with van der Waals surface area (Å²) in [6.45, 7) is 0.233. The second kappa shape index (κ2) is 11.5. The molecule has 4 N–H and O–H groups in total. The zero-order valence-electron chi connectivity index (χ0n) is 17.6. The zero-order chi connectivity index (χ0) is 23.7. The van der Waals surface area contributed by atoms with E-state index in [4.69, 9.17) is 14.4 Å². The Morgan fingerprint density at radius 2 is 1.85 bits per heavy atom. The van der Waals surface area contributed by atoms with Gasteiger partial charge in [-0.3, -0.25) is 0 Å². The second-order valence-electron chi connectivity index (χ2n) is 7.16. The number of halogens is 1. The van der Waals surface area contributed by atoms with Crippen LogP contribution < -0.4 is 15.2 Å². The molecule has 0 unspecified atom stereocenters. The van der Waals surface area contributed by atoms with Crippen molar-refractivity contribution in [3.05, 3.63) is 71.9 Å². The Labute approximate surface area is 190 Å². The van der Waals surface area contributed by atoms with E-state index < -0.39 is 28.2 Å². The Bertz CT molecular complexity index is 1140.